The normalized spacial score (nSPS) is 19.0. The Morgan fingerprint density at radius 1 is 1.39 bits per heavy atom. The highest BCUT2D eigenvalue weighted by atomic mass is 15.1. The van der Waals surface area contributed by atoms with Gasteiger partial charge >= 0.3 is 0 Å². The third kappa shape index (κ3) is 3.58. The van der Waals surface area contributed by atoms with Crippen molar-refractivity contribution in [2.24, 2.45) is 5.92 Å². The molecular formula is C15H27N3. The van der Waals surface area contributed by atoms with Crippen LogP contribution in [0.2, 0.25) is 0 Å². The molecule has 18 heavy (non-hydrogen) atoms. The molecular weight excluding hydrogens is 222 g/mol. The van der Waals surface area contributed by atoms with Crippen LogP contribution in [0, 0.1) is 5.92 Å². The van der Waals surface area contributed by atoms with E-state index in [0.29, 0.717) is 6.04 Å². The zero-order valence-electron chi connectivity index (χ0n) is 11.9. The Balaban J connectivity index is 1.80. The Kier molecular flexibility index (Phi) is 5.24. The van der Waals surface area contributed by atoms with E-state index in [1.807, 2.05) is 6.20 Å². The summed E-state index contributed by atoms with van der Waals surface area (Å²) < 4.78 is 2.26. The summed E-state index contributed by atoms with van der Waals surface area (Å²) in [7, 11) is 0. The lowest BCUT2D eigenvalue weighted by molar-refractivity contribution is 0.278. The van der Waals surface area contributed by atoms with Crippen molar-refractivity contribution in [1.82, 2.24) is 14.9 Å². The second-order valence-electron chi connectivity index (χ2n) is 5.60. The van der Waals surface area contributed by atoms with E-state index in [0.717, 1.165) is 19.0 Å². The van der Waals surface area contributed by atoms with Gasteiger partial charge in [0.25, 0.3) is 0 Å². The molecule has 0 bridgehead atoms. The van der Waals surface area contributed by atoms with Crippen molar-refractivity contribution < 1.29 is 0 Å². The van der Waals surface area contributed by atoms with Gasteiger partial charge in [-0.15, -0.1) is 0 Å². The van der Waals surface area contributed by atoms with Crippen LogP contribution >= 0.6 is 0 Å². The van der Waals surface area contributed by atoms with Gasteiger partial charge in [0.2, 0.25) is 0 Å². The fourth-order valence-corrected chi connectivity index (χ4v) is 3.00. The summed E-state index contributed by atoms with van der Waals surface area (Å²) in [5, 5.41) is 3.67. The first kappa shape index (κ1) is 13.6. The molecule has 1 unspecified atom stereocenters. The summed E-state index contributed by atoms with van der Waals surface area (Å²) in [5.41, 5.74) is 0. The van der Waals surface area contributed by atoms with Crippen LogP contribution in [0.15, 0.2) is 12.4 Å². The number of rotatable bonds is 6. The van der Waals surface area contributed by atoms with Crippen molar-refractivity contribution in [3.63, 3.8) is 0 Å². The van der Waals surface area contributed by atoms with Crippen molar-refractivity contribution >= 4 is 0 Å². The van der Waals surface area contributed by atoms with Gasteiger partial charge in [0.1, 0.15) is 5.82 Å². The van der Waals surface area contributed by atoms with E-state index in [9.17, 15) is 0 Å². The molecule has 1 aliphatic carbocycles. The molecule has 0 saturated heterocycles. The lowest BCUT2D eigenvalue weighted by Crippen LogP contribution is -2.34. The van der Waals surface area contributed by atoms with Gasteiger partial charge in [-0.1, -0.05) is 26.2 Å². The summed E-state index contributed by atoms with van der Waals surface area (Å²) in [6.07, 6.45) is 12.2. The molecule has 0 amide bonds. The third-order valence-electron chi connectivity index (χ3n) is 4.21. The van der Waals surface area contributed by atoms with Crippen molar-refractivity contribution in [3.05, 3.63) is 18.2 Å². The van der Waals surface area contributed by atoms with Gasteiger partial charge in [0, 0.05) is 25.0 Å². The first-order valence-corrected chi connectivity index (χ1v) is 7.54. The van der Waals surface area contributed by atoms with E-state index in [2.05, 4.69) is 34.9 Å². The van der Waals surface area contributed by atoms with Crippen LogP contribution in [0.25, 0.3) is 0 Å². The first-order chi connectivity index (χ1) is 8.81. The Morgan fingerprint density at radius 3 is 2.89 bits per heavy atom. The Bertz CT molecular complexity index is 339. The van der Waals surface area contributed by atoms with E-state index >= 15 is 0 Å². The zero-order valence-corrected chi connectivity index (χ0v) is 11.9. The van der Waals surface area contributed by atoms with Gasteiger partial charge in [0.05, 0.1) is 6.54 Å². The van der Waals surface area contributed by atoms with E-state index in [-0.39, 0.29) is 0 Å². The highest BCUT2D eigenvalue weighted by Gasteiger charge is 2.19. The predicted octanol–water partition coefficient (Wildman–Crippen LogP) is 3.35. The molecule has 1 aromatic rings. The fraction of sp³-hybridized carbons (Fsp3) is 0.800. The minimum atomic E-state index is 0.622. The van der Waals surface area contributed by atoms with Crippen LogP contribution in [0.3, 0.4) is 0 Å². The molecule has 3 heteroatoms. The van der Waals surface area contributed by atoms with Gasteiger partial charge < -0.3 is 9.88 Å². The molecule has 1 aromatic heterocycles. The maximum absolute atomic E-state index is 4.45. The van der Waals surface area contributed by atoms with Crippen molar-refractivity contribution in [1.29, 1.82) is 0 Å². The molecule has 2 rings (SSSR count). The topological polar surface area (TPSA) is 29.9 Å². The van der Waals surface area contributed by atoms with Crippen molar-refractivity contribution in [2.45, 2.75) is 71.5 Å². The molecule has 0 aromatic carbocycles. The van der Waals surface area contributed by atoms with Crippen molar-refractivity contribution in [3.8, 4) is 0 Å². The summed E-state index contributed by atoms with van der Waals surface area (Å²) in [4.78, 5) is 4.45. The molecule has 0 aliphatic heterocycles. The van der Waals surface area contributed by atoms with Crippen LogP contribution in [0.5, 0.6) is 0 Å². The maximum Gasteiger partial charge on any atom is 0.122 e. The van der Waals surface area contributed by atoms with Gasteiger partial charge in [-0.05, 0) is 32.1 Å². The molecule has 3 nitrogen and oxygen atoms in total. The van der Waals surface area contributed by atoms with E-state index in [1.165, 1.54) is 44.3 Å². The number of aromatic nitrogens is 2. The number of hydrogen-bond acceptors (Lipinski definition) is 2. The third-order valence-corrected chi connectivity index (χ3v) is 4.21. The Hall–Kier alpha value is -0.830. The lowest BCUT2D eigenvalue weighted by atomic mass is 9.84. The molecule has 1 heterocycles. The SMILES string of the molecule is CCCn1ccnc1CNC(C)C1CCCCC1. The molecule has 1 fully saturated rings. The molecule has 1 atom stereocenters. The van der Waals surface area contributed by atoms with Gasteiger partial charge in [0.15, 0.2) is 0 Å². The summed E-state index contributed by atoms with van der Waals surface area (Å²) in [5.74, 6) is 2.05. The van der Waals surface area contributed by atoms with Crippen LogP contribution in [-0.4, -0.2) is 15.6 Å². The average molecular weight is 249 g/mol. The molecule has 102 valence electrons. The predicted molar refractivity (Wildman–Crippen MR) is 75.4 cm³/mol. The van der Waals surface area contributed by atoms with Crippen LogP contribution in [0.1, 0.15) is 58.2 Å². The van der Waals surface area contributed by atoms with Crippen LogP contribution in [-0.2, 0) is 13.1 Å². The number of nitrogens with zero attached hydrogens (tertiary/aromatic N) is 2. The second-order valence-corrected chi connectivity index (χ2v) is 5.60. The zero-order chi connectivity index (χ0) is 12.8. The van der Waals surface area contributed by atoms with E-state index in [4.69, 9.17) is 0 Å². The highest BCUT2D eigenvalue weighted by Crippen LogP contribution is 2.26. The maximum atomic E-state index is 4.45. The summed E-state index contributed by atoms with van der Waals surface area (Å²) >= 11 is 0. The standard InChI is InChI=1S/C15H27N3/c1-3-10-18-11-9-16-15(18)12-17-13(2)14-7-5-4-6-8-14/h9,11,13-14,17H,3-8,10,12H2,1-2H3. The molecule has 1 saturated carbocycles. The van der Waals surface area contributed by atoms with Crippen LogP contribution in [0.4, 0.5) is 0 Å². The lowest BCUT2D eigenvalue weighted by Gasteiger charge is -2.28. The second kappa shape index (κ2) is 6.93. The van der Waals surface area contributed by atoms with Gasteiger partial charge in [-0.25, -0.2) is 4.98 Å². The summed E-state index contributed by atoms with van der Waals surface area (Å²) in [6, 6.07) is 0.622. The minimum absolute atomic E-state index is 0.622. The first-order valence-electron chi connectivity index (χ1n) is 7.54. The molecule has 0 spiro atoms. The van der Waals surface area contributed by atoms with Gasteiger partial charge in [-0.3, -0.25) is 0 Å². The van der Waals surface area contributed by atoms with Crippen LogP contribution < -0.4 is 5.32 Å². The monoisotopic (exact) mass is 249 g/mol. The highest BCUT2D eigenvalue weighted by molar-refractivity contribution is 4.92. The smallest absolute Gasteiger partial charge is 0.122 e. The summed E-state index contributed by atoms with van der Waals surface area (Å²) in [6.45, 7) is 6.53. The Morgan fingerprint density at radius 2 is 2.17 bits per heavy atom. The largest absolute Gasteiger partial charge is 0.334 e. The fourth-order valence-electron chi connectivity index (χ4n) is 3.00. The average Bonchev–Trinajstić information content (AvgIpc) is 2.85. The van der Waals surface area contributed by atoms with E-state index in [1.54, 1.807) is 0 Å². The Labute approximate surface area is 111 Å². The number of aryl methyl sites for hydroxylation is 1. The van der Waals surface area contributed by atoms with Gasteiger partial charge in [-0.2, -0.15) is 0 Å². The number of imidazole rings is 1. The van der Waals surface area contributed by atoms with Crippen molar-refractivity contribution in [2.75, 3.05) is 0 Å². The number of nitrogens with one attached hydrogen (secondary N) is 1. The molecule has 1 N–H and O–H groups in total. The minimum Gasteiger partial charge on any atom is -0.334 e. The molecule has 0 radical (unpaired) electrons. The van der Waals surface area contributed by atoms with E-state index < -0.39 is 0 Å². The number of hydrogen-bond donors (Lipinski definition) is 1. The molecule has 1 aliphatic rings. The quantitative estimate of drug-likeness (QED) is 0.838.